The fraction of sp³-hybridized carbons (Fsp3) is 0.308. The molecule has 0 radical (unpaired) electrons. The van der Waals surface area contributed by atoms with Crippen molar-refractivity contribution < 1.29 is 1.43 Å². The minimum Gasteiger partial charge on any atom is -0.367 e. The molecule has 0 fully saturated rings. The van der Waals surface area contributed by atoms with Gasteiger partial charge in [-0.3, -0.25) is 0 Å². The minimum absolute atomic E-state index is 0. The van der Waals surface area contributed by atoms with E-state index >= 15 is 0 Å². The summed E-state index contributed by atoms with van der Waals surface area (Å²) in [6, 6.07) is 31.4. The summed E-state index contributed by atoms with van der Waals surface area (Å²) >= 11 is 0. The Hall–Kier alpha value is -2.54. The molecule has 3 aromatic carbocycles. The molecular weight excluding hydrogens is 326 g/mol. The Morgan fingerprint density at radius 3 is 1.67 bits per heavy atom. The van der Waals surface area contributed by atoms with Gasteiger partial charge in [-0.15, -0.1) is 0 Å². The molecule has 0 saturated carbocycles. The van der Waals surface area contributed by atoms with E-state index in [2.05, 4.69) is 59.5 Å². The Bertz CT molecular complexity index is 656. The van der Waals surface area contributed by atoms with Gasteiger partial charge in [0.05, 0.1) is 0 Å². The van der Waals surface area contributed by atoms with Crippen LogP contribution in [0.4, 0.5) is 5.69 Å². The van der Waals surface area contributed by atoms with Crippen LogP contribution >= 0.6 is 0 Å². The van der Waals surface area contributed by atoms with Gasteiger partial charge in [-0.1, -0.05) is 120 Å². The molecule has 148 valence electrons. The van der Waals surface area contributed by atoms with Gasteiger partial charge in [-0.05, 0) is 23.6 Å². The van der Waals surface area contributed by atoms with Crippen molar-refractivity contribution in [3.05, 3.63) is 102 Å². The van der Waals surface area contributed by atoms with E-state index in [0.29, 0.717) is 0 Å². The Morgan fingerprint density at radius 1 is 0.667 bits per heavy atom. The zero-order valence-corrected chi connectivity index (χ0v) is 16.7. The SMILES string of the molecule is C.CC.CC.[2HH].c1ccc(CN2CCc3ccccc32)cc1.c1ccccc1. The number of anilines is 1. The smallest absolute Gasteiger partial charge is 0.0429 e. The molecule has 0 spiro atoms. The van der Waals surface area contributed by atoms with Crippen molar-refractivity contribution >= 4 is 5.69 Å². The molecule has 4 rings (SSSR count). The van der Waals surface area contributed by atoms with Gasteiger partial charge >= 0.3 is 0 Å². The molecular formula is C26H39N. The summed E-state index contributed by atoms with van der Waals surface area (Å²) in [5.74, 6) is 0. The fourth-order valence-corrected chi connectivity index (χ4v) is 2.76. The normalized spacial score (nSPS) is 10.4. The second-order valence-corrected chi connectivity index (χ2v) is 5.44. The van der Waals surface area contributed by atoms with E-state index in [1.165, 1.54) is 23.2 Å². The number of para-hydroxylation sites is 1. The van der Waals surface area contributed by atoms with Crippen LogP contribution in [-0.2, 0) is 13.0 Å². The van der Waals surface area contributed by atoms with Crippen LogP contribution in [0.25, 0.3) is 0 Å². The average Bonchev–Trinajstić information content (AvgIpc) is 3.16. The predicted octanol–water partition coefficient (Wildman–Crippen LogP) is 7.87. The number of hydrogen-bond donors (Lipinski definition) is 0. The largest absolute Gasteiger partial charge is 0.367 e. The van der Waals surface area contributed by atoms with Crippen LogP contribution in [0.3, 0.4) is 0 Å². The lowest BCUT2D eigenvalue weighted by Gasteiger charge is -2.19. The van der Waals surface area contributed by atoms with Crippen molar-refractivity contribution in [1.82, 2.24) is 0 Å². The maximum atomic E-state index is 2.46. The quantitative estimate of drug-likeness (QED) is 0.446. The van der Waals surface area contributed by atoms with Crippen LogP contribution < -0.4 is 4.90 Å². The second kappa shape index (κ2) is 15.7. The molecule has 0 unspecified atom stereocenters. The first-order chi connectivity index (χ1) is 12.9. The molecule has 1 aliphatic rings. The first kappa shape index (κ1) is 24.5. The summed E-state index contributed by atoms with van der Waals surface area (Å²) in [7, 11) is 0. The first-order valence-corrected chi connectivity index (χ1v) is 9.80. The van der Waals surface area contributed by atoms with Gasteiger partial charge in [0.2, 0.25) is 0 Å². The van der Waals surface area contributed by atoms with Crippen molar-refractivity contribution in [1.29, 1.82) is 0 Å². The highest BCUT2D eigenvalue weighted by Gasteiger charge is 2.17. The highest BCUT2D eigenvalue weighted by Crippen LogP contribution is 2.28. The number of fused-ring (bicyclic) bond motifs is 1. The van der Waals surface area contributed by atoms with E-state index in [1.807, 2.05) is 64.1 Å². The van der Waals surface area contributed by atoms with Crippen LogP contribution in [0.2, 0.25) is 0 Å². The monoisotopic (exact) mass is 366 g/mol. The van der Waals surface area contributed by atoms with Crippen molar-refractivity contribution in [2.24, 2.45) is 0 Å². The van der Waals surface area contributed by atoms with Gasteiger partial charge in [-0.2, -0.15) is 0 Å². The van der Waals surface area contributed by atoms with Crippen LogP contribution in [0, 0.1) is 0 Å². The maximum Gasteiger partial charge on any atom is 0.0429 e. The van der Waals surface area contributed by atoms with Gasteiger partial charge in [0.25, 0.3) is 0 Å². The fourth-order valence-electron chi connectivity index (χ4n) is 2.76. The third-order valence-electron chi connectivity index (χ3n) is 3.87. The number of hydrogen-bond acceptors (Lipinski definition) is 1. The zero-order valence-electron chi connectivity index (χ0n) is 16.7. The van der Waals surface area contributed by atoms with Crippen molar-refractivity contribution in [3.63, 3.8) is 0 Å². The Labute approximate surface area is 169 Å². The van der Waals surface area contributed by atoms with E-state index in [1.54, 1.807) is 0 Å². The summed E-state index contributed by atoms with van der Waals surface area (Å²) in [5.41, 5.74) is 4.28. The van der Waals surface area contributed by atoms with E-state index in [4.69, 9.17) is 0 Å². The summed E-state index contributed by atoms with van der Waals surface area (Å²) in [5, 5.41) is 0. The predicted molar refractivity (Wildman–Crippen MR) is 126 cm³/mol. The van der Waals surface area contributed by atoms with Gasteiger partial charge in [0, 0.05) is 20.2 Å². The van der Waals surface area contributed by atoms with Crippen LogP contribution in [0.15, 0.2) is 91.0 Å². The van der Waals surface area contributed by atoms with E-state index in [0.717, 1.165) is 13.1 Å². The molecule has 27 heavy (non-hydrogen) atoms. The molecule has 0 saturated heterocycles. The highest BCUT2D eigenvalue weighted by atomic mass is 15.1. The van der Waals surface area contributed by atoms with Crippen LogP contribution in [-0.4, -0.2) is 6.54 Å². The summed E-state index contributed by atoms with van der Waals surface area (Å²) < 4.78 is 0. The molecule has 0 N–H and O–H groups in total. The lowest BCUT2D eigenvalue weighted by molar-refractivity contribution is 0.836. The summed E-state index contributed by atoms with van der Waals surface area (Å²) in [6.07, 6.45) is 1.18. The topological polar surface area (TPSA) is 3.24 Å². The molecule has 0 aromatic heterocycles. The van der Waals surface area contributed by atoms with Crippen molar-refractivity contribution in [2.75, 3.05) is 11.4 Å². The Morgan fingerprint density at radius 2 is 1.11 bits per heavy atom. The van der Waals surface area contributed by atoms with E-state index in [-0.39, 0.29) is 8.85 Å². The average molecular weight is 367 g/mol. The maximum absolute atomic E-state index is 2.46. The molecule has 1 nitrogen and oxygen atoms in total. The summed E-state index contributed by atoms with van der Waals surface area (Å²) in [6.45, 7) is 10.2. The van der Waals surface area contributed by atoms with E-state index < -0.39 is 0 Å². The van der Waals surface area contributed by atoms with Crippen molar-refractivity contribution in [2.45, 2.75) is 48.1 Å². The second-order valence-electron chi connectivity index (χ2n) is 5.44. The first-order valence-electron chi connectivity index (χ1n) is 9.80. The Kier molecular flexibility index (Phi) is 14.2. The van der Waals surface area contributed by atoms with Gasteiger partial charge < -0.3 is 4.90 Å². The molecule has 3 aromatic rings. The third-order valence-corrected chi connectivity index (χ3v) is 3.87. The lowest BCUT2D eigenvalue weighted by atomic mass is 10.2. The van der Waals surface area contributed by atoms with Gasteiger partial charge in [0.1, 0.15) is 0 Å². The molecule has 0 atom stereocenters. The lowest BCUT2D eigenvalue weighted by Crippen LogP contribution is -2.19. The molecule has 1 aliphatic heterocycles. The third kappa shape index (κ3) is 8.59. The standard InChI is InChI=1S/C15H15N.C6H6.2C2H6.CH4.H2/c1-2-6-13(7-3-1)12-16-11-10-14-8-4-5-9-15(14)16;1-2-4-6-5-3-1;2*1-2;;/h1-9H,10-12H2;1-6H;2*1-2H3;1H4;1H/i;;;;;1+1. The molecule has 0 aliphatic carbocycles. The highest BCUT2D eigenvalue weighted by molar-refractivity contribution is 5.58. The molecule has 0 bridgehead atoms. The van der Waals surface area contributed by atoms with Crippen molar-refractivity contribution in [3.8, 4) is 0 Å². The number of rotatable bonds is 2. The molecule has 0 amide bonds. The Balaban J connectivity index is 0. The van der Waals surface area contributed by atoms with Gasteiger partial charge in [-0.25, -0.2) is 0 Å². The van der Waals surface area contributed by atoms with Crippen LogP contribution in [0.5, 0.6) is 0 Å². The minimum atomic E-state index is 0. The van der Waals surface area contributed by atoms with Crippen LogP contribution in [0.1, 0.15) is 47.7 Å². The zero-order chi connectivity index (χ0) is 19.0. The van der Waals surface area contributed by atoms with Gasteiger partial charge in [0.15, 0.2) is 0 Å². The van der Waals surface area contributed by atoms with E-state index in [9.17, 15) is 0 Å². The number of nitrogens with zero attached hydrogens (tertiary/aromatic N) is 1. The summed E-state index contributed by atoms with van der Waals surface area (Å²) in [4.78, 5) is 2.46. The number of benzene rings is 3. The molecule has 1 heteroatoms. The molecule has 1 heterocycles.